The molecule has 7 heavy (non-hydrogen) atoms. The van der Waals surface area contributed by atoms with Crippen molar-refractivity contribution in [2.45, 2.75) is 6.92 Å². The van der Waals surface area contributed by atoms with Crippen molar-refractivity contribution in [2.75, 3.05) is 6.61 Å². The SMILES string of the molecule is CC=CCO[PH2]=O. The third-order valence-corrected chi connectivity index (χ3v) is 0.825. The molecule has 0 aromatic carbocycles. The summed E-state index contributed by atoms with van der Waals surface area (Å²) in [6, 6.07) is 0. The van der Waals surface area contributed by atoms with Crippen LogP contribution >= 0.6 is 8.69 Å². The Balaban J connectivity index is 2.82. The molecule has 0 aliphatic heterocycles. The van der Waals surface area contributed by atoms with Crippen LogP contribution in [0.2, 0.25) is 0 Å². The number of hydrogen-bond donors (Lipinski definition) is 0. The second-order valence-electron chi connectivity index (χ2n) is 0.999. The van der Waals surface area contributed by atoms with Gasteiger partial charge in [0.1, 0.15) is 0 Å². The Kier molecular flexibility index (Phi) is 5.87. The van der Waals surface area contributed by atoms with Crippen LogP contribution in [0.5, 0.6) is 0 Å². The van der Waals surface area contributed by atoms with Gasteiger partial charge in [0.15, 0.2) is 8.69 Å². The normalized spacial score (nSPS) is 12.1. The Morgan fingerprint density at radius 3 is 3.00 bits per heavy atom. The first-order valence-electron chi connectivity index (χ1n) is 2.08. The Hall–Kier alpha value is -0.0700. The lowest BCUT2D eigenvalue weighted by atomic mass is 10.6. The van der Waals surface area contributed by atoms with Gasteiger partial charge in [-0.2, -0.15) is 0 Å². The van der Waals surface area contributed by atoms with Crippen molar-refractivity contribution in [2.24, 2.45) is 0 Å². The Bertz CT molecular complexity index is 70.1. The molecule has 0 amide bonds. The summed E-state index contributed by atoms with van der Waals surface area (Å²) in [5.41, 5.74) is 0. The van der Waals surface area contributed by atoms with Crippen molar-refractivity contribution in [1.82, 2.24) is 0 Å². The molecule has 0 aliphatic carbocycles. The van der Waals surface area contributed by atoms with Crippen LogP contribution in [0.25, 0.3) is 0 Å². The molecule has 3 heteroatoms. The zero-order chi connectivity index (χ0) is 5.54. The van der Waals surface area contributed by atoms with E-state index in [1.807, 2.05) is 19.1 Å². The van der Waals surface area contributed by atoms with Gasteiger partial charge in [-0.1, -0.05) is 12.2 Å². The van der Waals surface area contributed by atoms with Crippen molar-refractivity contribution in [3.05, 3.63) is 12.2 Å². The van der Waals surface area contributed by atoms with Crippen LogP contribution in [-0.2, 0) is 9.09 Å². The van der Waals surface area contributed by atoms with Gasteiger partial charge in [0.25, 0.3) is 0 Å². The van der Waals surface area contributed by atoms with Crippen molar-refractivity contribution >= 4 is 8.69 Å². The number of rotatable bonds is 3. The lowest BCUT2D eigenvalue weighted by molar-refractivity contribution is 0.387. The van der Waals surface area contributed by atoms with Gasteiger partial charge in [-0.05, 0) is 6.92 Å². The monoisotopic (exact) mass is 120 g/mol. The highest BCUT2D eigenvalue weighted by Crippen LogP contribution is 1.91. The molecular formula is C4H9O2P. The second-order valence-corrected chi connectivity index (χ2v) is 1.52. The van der Waals surface area contributed by atoms with Gasteiger partial charge in [-0.3, -0.25) is 4.57 Å². The van der Waals surface area contributed by atoms with Gasteiger partial charge in [0, 0.05) is 0 Å². The Morgan fingerprint density at radius 1 is 1.86 bits per heavy atom. The molecule has 0 rings (SSSR count). The van der Waals surface area contributed by atoms with Gasteiger partial charge in [-0.15, -0.1) is 0 Å². The van der Waals surface area contributed by atoms with Crippen LogP contribution in [0.1, 0.15) is 6.92 Å². The maximum Gasteiger partial charge on any atom is 0.180 e. The van der Waals surface area contributed by atoms with E-state index in [1.54, 1.807) is 0 Å². The summed E-state index contributed by atoms with van der Waals surface area (Å²) >= 11 is 0. The number of hydrogen-bond acceptors (Lipinski definition) is 2. The Labute approximate surface area is 44.5 Å². The van der Waals surface area contributed by atoms with E-state index < -0.39 is 8.69 Å². The molecule has 0 fully saturated rings. The molecule has 1 unspecified atom stereocenters. The van der Waals surface area contributed by atoms with Crippen LogP contribution in [0.3, 0.4) is 0 Å². The lowest BCUT2D eigenvalue weighted by Gasteiger charge is -1.81. The van der Waals surface area contributed by atoms with Crippen molar-refractivity contribution in [1.29, 1.82) is 0 Å². The molecule has 0 bridgehead atoms. The average Bonchev–Trinajstić information content (AvgIpc) is 1.69. The van der Waals surface area contributed by atoms with Crippen LogP contribution in [0, 0.1) is 0 Å². The minimum atomic E-state index is -1.02. The van der Waals surface area contributed by atoms with E-state index >= 15 is 0 Å². The molecule has 0 heterocycles. The molecule has 0 aliphatic rings. The van der Waals surface area contributed by atoms with Gasteiger partial charge in [-0.25, -0.2) is 0 Å². The first-order valence-corrected chi connectivity index (χ1v) is 3.02. The van der Waals surface area contributed by atoms with E-state index in [9.17, 15) is 4.57 Å². The van der Waals surface area contributed by atoms with Crippen LogP contribution in [-0.4, -0.2) is 6.61 Å². The molecule has 1 atom stereocenters. The fourth-order valence-corrected chi connectivity index (χ4v) is 0.381. The highest BCUT2D eigenvalue weighted by molar-refractivity contribution is 7.17. The first-order chi connectivity index (χ1) is 3.41. The molecule has 2 nitrogen and oxygen atoms in total. The fourth-order valence-electron chi connectivity index (χ4n) is 0.191. The summed E-state index contributed by atoms with van der Waals surface area (Å²) in [5, 5.41) is 0. The summed E-state index contributed by atoms with van der Waals surface area (Å²) in [6.07, 6.45) is 3.67. The van der Waals surface area contributed by atoms with Crippen molar-refractivity contribution in [3.63, 3.8) is 0 Å². The summed E-state index contributed by atoms with van der Waals surface area (Å²) in [4.78, 5) is 0. The fraction of sp³-hybridized carbons (Fsp3) is 0.500. The maximum atomic E-state index is 9.63. The topological polar surface area (TPSA) is 26.3 Å². The molecule has 0 radical (unpaired) electrons. The maximum absolute atomic E-state index is 9.63. The largest absolute Gasteiger partial charge is 0.328 e. The standard InChI is InChI=1S/C4H9O2P/c1-2-3-4-6-7-5/h2-3H,4,7H2,1H3. The Morgan fingerprint density at radius 2 is 2.57 bits per heavy atom. The summed E-state index contributed by atoms with van der Waals surface area (Å²) in [5.74, 6) is 0. The molecule has 0 spiro atoms. The quantitative estimate of drug-likeness (QED) is 0.318. The smallest absolute Gasteiger partial charge is 0.180 e. The summed E-state index contributed by atoms with van der Waals surface area (Å²) < 4.78 is 14.1. The molecular weight excluding hydrogens is 111 g/mol. The predicted molar refractivity (Wildman–Crippen MR) is 31.2 cm³/mol. The second kappa shape index (κ2) is 5.93. The van der Waals surface area contributed by atoms with E-state index in [2.05, 4.69) is 4.52 Å². The van der Waals surface area contributed by atoms with E-state index in [4.69, 9.17) is 0 Å². The molecule has 0 N–H and O–H groups in total. The molecule has 0 aromatic heterocycles. The third-order valence-electron chi connectivity index (χ3n) is 0.496. The number of allylic oxidation sites excluding steroid dienone is 1. The van der Waals surface area contributed by atoms with Gasteiger partial charge in [0.2, 0.25) is 0 Å². The molecule has 0 aromatic rings. The molecule has 0 saturated heterocycles. The average molecular weight is 120 g/mol. The van der Waals surface area contributed by atoms with E-state index in [0.29, 0.717) is 6.61 Å². The van der Waals surface area contributed by atoms with Crippen LogP contribution in [0.15, 0.2) is 12.2 Å². The van der Waals surface area contributed by atoms with Gasteiger partial charge in [0.05, 0.1) is 6.61 Å². The minimum absolute atomic E-state index is 0.481. The molecule has 0 saturated carbocycles. The highest BCUT2D eigenvalue weighted by atomic mass is 31.1. The van der Waals surface area contributed by atoms with E-state index in [1.165, 1.54) is 0 Å². The van der Waals surface area contributed by atoms with Crippen LogP contribution in [0.4, 0.5) is 0 Å². The zero-order valence-corrected chi connectivity index (χ0v) is 5.41. The molecule has 42 valence electrons. The predicted octanol–water partition coefficient (Wildman–Crippen LogP) is 1.25. The highest BCUT2D eigenvalue weighted by Gasteiger charge is 1.68. The van der Waals surface area contributed by atoms with E-state index in [0.717, 1.165) is 0 Å². The first kappa shape index (κ1) is 6.93. The summed E-state index contributed by atoms with van der Waals surface area (Å²) in [7, 11) is -1.02. The van der Waals surface area contributed by atoms with Crippen LogP contribution < -0.4 is 0 Å². The zero-order valence-electron chi connectivity index (χ0n) is 4.26. The van der Waals surface area contributed by atoms with E-state index in [-0.39, 0.29) is 0 Å². The van der Waals surface area contributed by atoms with Crippen molar-refractivity contribution in [3.8, 4) is 0 Å². The third kappa shape index (κ3) is 5.93. The lowest BCUT2D eigenvalue weighted by Crippen LogP contribution is -1.71. The summed E-state index contributed by atoms with van der Waals surface area (Å²) in [6.45, 7) is 2.37. The van der Waals surface area contributed by atoms with Gasteiger partial charge >= 0.3 is 0 Å². The van der Waals surface area contributed by atoms with Gasteiger partial charge < -0.3 is 4.52 Å². The van der Waals surface area contributed by atoms with Crippen molar-refractivity contribution < 1.29 is 9.09 Å². The minimum Gasteiger partial charge on any atom is -0.328 e.